The van der Waals surface area contributed by atoms with Crippen LogP contribution in [0.4, 0.5) is 5.82 Å². The smallest absolute Gasteiger partial charge is 0.226 e. The number of hydrogen-bond donors (Lipinski definition) is 1. The number of nitrogens with one attached hydrogen (secondary N) is 1. The minimum atomic E-state index is -3.01. The minimum Gasteiger partial charge on any atom is -0.311 e. The molecule has 0 aliphatic carbocycles. The molecule has 6 nitrogen and oxygen atoms in total. The highest BCUT2D eigenvalue weighted by atomic mass is 79.9. The summed E-state index contributed by atoms with van der Waals surface area (Å²) in [7, 11) is -3.01. The van der Waals surface area contributed by atoms with Gasteiger partial charge in [-0.2, -0.15) is 5.10 Å². The third-order valence-corrected chi connectivity index (χ3v) is 8.11. The van der Waals surface area contributed by atoms with Crippen molar-refractivity contribution < 1.29 is 13.2 Å². The molecule has 0 spiro atoms. The maximum absolute atomic E-state index is 12.2. The fourth-order valence-corrected chi connectivity index (χ4v) is 6.79. The summed E-state index contributed by atoms with van der Waals surface area (Å²) in [5, 5.41) is 7.51. The zero-order valence-corrected chi connectivity index (χ0v) is 16.2. The molecule has 0 bridgehead atoms. The molecule has 24 heavy (non-hydrogen) atoms. The van der Waals surface area contributed by atoms with Gasteiger partial charge in [-0.1, -0.05) is 0 Å². The molecule has 0 radical (unpaired) electrons. The molecule has 2 aliphatic heterocycles. The van der Waals surface area contributed by atoms with Gasteiger partial charge < -0.3 is 5.32 Å². The first kappa shape index (κ1) is 16.3. The molecule has 1 N–H and O–H groups in total. The van der Waals surface area contributed by atoms with Crippen molar-refractivity contribution in [1.29, 1.82) is 0 Å². The molecular formula is C15H16BrN3O3S2. The number of amides is 1. The third kappa shape index (κ3) is 2.72. The Morgan fingerprint density at radius 3 is 2.83 bits per heavy atom. The van der Waals surface area contributed by atoms with Crippen LogP contribution in [-0.4, -0.2) is 35.6 Å². The lowest BCUT2D eigenvalue weighted by molar-refractivity contribution is -0.116. The highest BCUT2D eigenvalue weighted by molar-refractivity contribution is 9.11. The van der Waals surface area contributed by atoms with E-state index in [9.17, 15) is 13.2 Å². The lowest BCUT2D eigenvalue weighted by atomic mass is 9.90. The highest BCUT2D eigenvalue weighted by Crippen LogP contribution is 2.43. The number of hydrogen-bond acceptors (Lipinski definition) is 5. The average Bonchev–Trinajstić information content (AvgIpc) is 3.17. The molecule has 1 saturated heterocycles. The Morgan fingerprint density at radius 1 is 1.42 bits per heavy atom. The van der Waals surface area contributed by atoms with Crippen molar-refractivity contribution in [1.82, 2.24) is 9.78 Å². The Morgan fingerprint density at radius 2 is 2.21 bits per heavy atom. The van der Waals surface area contributed by atoms with Crippen LogP contribution in [0.25, 0.3) is 0 Å². The molecule has 9 heteroatoms. The predicted octanol–water partition coefficient (Wildman–Crippen LogP) is 2.85. The van der Waals surface area contributed by atoms with Crippen molar-refractivity contribution in [2.45, 2.75) is 31.7 Å². The number of halogens is 1. The van der Waals surface area contributed by atoms with Crippen LogP contribution >= 0.6 is 27.3 Å². The summed E-state index contributed by atoms with van der Waals surface area (Å²) in [6.45, 7) is 1.92. The fraction of sp³-hybridized carbons (Fsp3) is 0.467. The monoisotopic (exact) mass is 429 g/mol. The summed E-state index contributed by atoms with van der Waals surface area (Å²) < 4.78 is 26.4. The Bertz CT molecular complexity index is 932. The van der Waals surface area contributed by atoms with E-state index in [4.69, 9.17) is 0 Å². The molecule has 0 saturated carbocycles. The minimum absolute atomic E-state index is 0.0307. The van der Waals surface area contributed by atoms with Crippen molar-refractivity contribution >= 4 is 48.8 Å². The number of nitrogens with zero attached hydrogens (tertiary/aromatic N) is 2. The van der Waals surface area contributed by atoms with E-state index in [1.54, 1.807) is 16.0 Å². The summed E-state index contributed by atoms with van der Waals surface area (Å²) >= 11 is 5.09. The summed E-state index contributed by atoms with van der Waals surface area (Å²) in [5.74, 6) is 0.850. The van der Waals surface area contributed by atoms with Crippen LogP contribution in [-0.2, 0) is 14.6 Å². The number of carbonyl (C=O) groups is 1. The third-order valence-electron chi connectivity index (χ3n) is 4.62. The second kappa shape index (κ2) is 5.67. The summed E-state index contributed by atoms with van der Waals surface area (Å²) in [6.07, 6.45) is 0.927. The Kier molecular flexibility index (Phi) is 3.85. The molecule has 2 atom stereocenters. The number of fused-ring (bicyclic) bond motifs is 1. The van der Waals surface area contributed by atoms with E-state index in [0.29, 0.717) is 18.7 Å². The molecular weight excluding hydrogens is 414 g/mol. The van der Waals surface area contributed by atoms with E-state index < -0.39 is 9.84 Å². The van der Waals surface area contributed by atoms with Crippen molar-refractivity contribution in [2.75, 3.05) is 16.8 Å². The molecule has 4 rings (SSSR count). The SMILES string of the molecule is Cc1nn([C@H]2CCS(=O)(=O)C2)c2c1[C@@H](c1ccc(Br)s1)CC(=O)N2. The lowest BCUT2D eigenvalue weighted by Crippen LogP contribution is -2.26. The zero-order valence-electron chi connectivity index (χ0n) is 13.0. The van der Waals surface area contributed by atoms with Crippen LogP contribution in [0.1, 0.15) is 40.9 Å². The van der Waals surface area contributed by atoms with Crippen molar-refractivity contribution in [3.8, 4) is 0 Å². The van der Waals surface area contributed by atoms with Crippen LogP contribution < -0.4 is 5.32 Å². The van der Waals surface area contributed by atoms with Crippen molar-refractivity contribution in [2.24, 2.45) is 0 Å². The average molecular weight is 430 g/mol. The van der Waals surface area contributed by atoms with E-state index in [-0.39, 0.29) is 29.4 Å². The molecule has 2 aromatic heterocycles. The molecule has 1 fully saturated rings. The number of rotatable bonds is 2. The molecule has 1 amide bonds. The van der Waals surface area contributed by atoms with Gasteiger partial charge in [0.2, 0.25) is 5.91 Å². The predicted molar refractivity (Wildman–Crippen MR) is 96.4 cm³/mol. The number of anilines is 1. The first-order valence-corrected chi connectivity index (χ1v) is 11.1. The second-order valence-corrected chi connectivity index (χ2v) is 11.0. The van der Waals surface area contributed by atoms with E-state index in [1.807, 2.05) is 19.1 Å². The molecule has 2 aliphatic rings. The van der Waals surface area contributed by atoms with E-state index >= 15 is 0 Å². The fourth-order valence-electron chi connectivity index (χ4n) is 3.56. The maximum atomic E-state index is 12.2. The van der Waals surface area contributed by atoms with Gasteiger partial charge in [0.15, 0.2) is 9.84 Å². The molecule has 4 heterocycles. The number of aryl methyl sites for hydroxylation is 1. The number of thiophene rings is 1. The van der Waals surface area contributed by atoms with Gasteiger partial charge in [-0.15, -0.1) is 11.3 Å². The summed E-state index contributed by atoms with van der Waals surface area (Å²) in [5.41, 5.74) is 1.86. The summed E-state index contributed by atoms with van der Waals surface area (Å²) in [4.78, 5) is 13.4. The van der Waals surface area contributed by atoms with Crippen LogP contribution in [0.5, 0.6) is 0 Å². The number of carbonyl (C=O) groups excluding carboxylic acids is 1. The number of sulfone groups is 1. The Balaban J connectivity index is 1.80. The molecule has 0 unspecified atom stereocenters. The van der Waals surface area contributed by atoms with Crippen molar-refractivity contribution in [3.63, 3.8) is 0 Å². The van der Waals surface area contributed by atoms with Gasteiger partial charge in [-0.3, -0.25) is 4.79 Å². The van der Waals surface area contributed by atoms with Gasteiger partial charge in [0.05, 0.1) is 27.0 Å². The van der Waals surface area contributed by atoms with Gasteiger partial charge in [0.1, 0.15) is 5.82 Å². The van der Waals surface area contributed by atoms with E-state index in [2.05, 4.69) is 26.3 Å². The van der Waals surface area contributed by atoms with Crippen LogP contribution in [0, 0.1) is 6.92 Å². The molecule has 2 aromatic rings. The first-order valence-electron chi connectivity index (χ1n) is 7.68. The van der Waals surface area contributed by atoms with Crippen molar-refractivity contribution in [3.05, 3.63) is 32.1 Å². The van der Waals surface area contributed by atoms with Gasteiger partial charge >= 0.3 is 0 Å². The second-order valence-electron chi connectivity index (χ2n) is 6.30. The standard InChI is InChI=1S/C15H16BrN3O3S2/c1-8-14-10(11-2-3-12(16)23-11)6-13(20)17-15(14)19(18-8)9-4-5-24(21,22)7-9/h2-3,9-10H,4-7H2,1H3,(H,17,20)/t9-,10+/m0/s1. The van der Waals surface area contributed by atoms with Crippen LogP contribution in [0.3, 0.4) is 0 Å². The number of aromatic nitrogens is 2. The highest BCUT2D eigenvalue weighted by Gasteiger charge is 2.37. The normalized spacial score (nSPS) is 25.5. The van der Waals surface area contributed by atoms with Gasteiger partial charge in [0.25, 0.3) is 0 Å². The Labute approximate surface area is 152 Å². The molecule has 0 aromatic carbocycles. The first-order chi connectivity index (χ1) is 11.3. The van der Waals surface area contributed by atoms with Crippen LogP contribution in [0.15, 0.2) is 15.9 Å². The van der Waals surface area contributed by atoms with Gasteiger partial charge in [-0.25, -0.2) is 13.1 Å². The quantitative estimate of drug-likeness (QED) is 0.795. The van der Waals surface area contributed by atoms with E-state index in [0.717, 1.165) is 19.9 Å². The van der Waals surface area contributed by atoms with E-state index in [1.165, 1.54) is 0 Å². The van der Waals surface area contributed by atoms with Crippen LogP contribution in [0.2, 0.25) is 0 Å². The lowest BCUT2D eigenvalue weighted by Gasteiger charge is -2.24. The molecule has 128 valence electrons. The summed E-state index contributed by atoms with van der Waals surface area (Å²) in [6, 6.07) is 3.81. The Hall–Kier alpha value is -1.19. The maximum Gasteiger partial charge on any atom is 0.226 e. The zero-order chi connectivity index (χ0) is 17.1. The van der Waals surface area contributed by atoms with Gasteiger partial charge in [-0.05, 0) is 41.4 Å². The topological polar surface area (TPSA) is 81.1 Å². The largest absolute Gasteiger partial charge is 0.311 e. The van der Waals surface area contributed by atoms with Gasteiger partial charge in [0, 0.05) is 22.8 Å².